The molecule has 0 spiro atoms. The summed E-state index contributed by atoms with van der Waals surface area (Å²) >= 11 is 0. The van der Waals surface area contributed by atoms with Crippen LogP contribution >= 0.6 is 0 Å². The molecule has 2 heterocycles. The van der Waals surface area contributed by atoms with Gasteiger partial charge in [-0.25, -0.2) is 0 Å². The van der Waals surface area contributed by atoms with Gasteiger partial charge in [0.1, 0.15) is 11.6 Å². The number of carbonyl (C=O) groups is 1. The molecule has 1 aromatic heterocycles. The average molecular weight is 360 g/mol. The second-order valence-corrected chi connectivity index (χ2v) is 6.58. The highest BCUT2D eigenvalue weighted by atomic mass is 16.2. The molecule has 2 aromatic rings. The number of fused-ring (bicyclic) bond motifs is 1. The molecule has 0 N–H and O–H groups in total. The number of hydrogen-bond acceptors (Lipinski definition) is 4. The number of pyridine rings is 1. The predicted octanol–water partition coefficient (Wildman–Crippen LogP) is 3.33. The third-order valence-corrected chi connectivity index (χ3v) is 4.86. The molecule has 0 bridgehead atoms. The Kier molecular flexibility index (Phi) is 6.22. The minimum absolute atomic E-state index is 0.184. The summed E-state index contributed by atoms with van der Waals surface area (Å²) in [5, 5.41) is 9.60. The number of nitriles is 1. The van der Waals surface area contributed by atoms with Gasteiger partial charge in [0.2, 0.25) is 0 Å². The molecule has 138 valence electrons. The van der Waals surface area contributed by atoms with Gasteiger partial charge in [0.25, 0.3) is 5.91 Å². The highest BCUT2D eigenvalue weighted by Crippen LogP contribution is 2.27. The summed E-state index contributed by atoms with van der Waals surface area (Å²) < 4.78 is 0. The van der Waals surface area contributed by atoms with Gasteiger partial charge in [0, 0.05) is 43.9 Å². The molecule has 0 fully saturated rings. The first-order valence-electron chi connectivity index (χ1n) is 9.37. The Bertz CT molecular complexity index is 854. The summed E-state index contributed by atoms with van der Waals surface area (Å²) in [5.41, 5.74) is 3.46. The summed E-state index contributed by atoms with van der Waals surface area (Å²) in [6, 6.07) is 14.0. The Morgan fingerprint density at radius 2 is 2.07 bits per heavy atom. The predicted molar refractivity (Wildman–Crippen MR) is 106 cm³/mol. The fourth-order valence-electron chi connectivity index (χ4n) is 3.34. The molecule has 27 heavy (non-hydrogen) atoms. The van der Waals surface area contributed by atoms with E-state index in [2.05, 4.69) is 17.1 Å². The molecule has 1 aliphatic rings. The van der Waals surface area contributed by atoms with Crippen molar-refractivity contribution in [2.45, 2.75) is 26.2 Å². The highest BCUT2D eigenvalue weighted by Gasteiger charge is 2.25. The van der Waals surface area contributed by atoms with Crippen molar-refractivity contribution in [2.75, 3.05) is 24.5 Å². The largest absolute Gasteiger partial charge is 0.376 e. The first kappa shape index (κ1) is 18.7. The van der Waals surface area contributed by atoms with Crippen LogP contribution < -0.4 is 4.90 Å². The lowest BCUT2D eigenvalue weighted by molar-refractivity contribution is -0.114. The maximum Gasteiger partial charge on any atom is 0.270 e. The Hall–Kier alpha value is -3.13. The fourth-order valence-corrected chi connectivity index (χ4v) is 3.34. The maximum atomic E-state index is 13.0. The van der Waals surface area contributed by atoms with Crippen LogP contribution in [-0.2, 0) is 17.6 Å². The second-order valence-electron chi connectivity index (χ2n) is 6.58. The van der Waals surface area contributed by atoms with Gasteiger partial charge in [-0.15, -0.1) is 0 Å². The molecule has 0 saturated heterocycles. The Labute approximate surface area is 160 Å². The van der Waals surface area contributed by atoms with Gasteiger partial charge in [-0.1, -0.05) is 18.2 Å². The number of hydrogen-bond donors (Lipinski definition) is 0. The molecule has 0 saturated carbocycles. The van der Waals surface area contributed by atoms with Crippen LogP contribution in [0, 0.1) is 11.3 Å². The van der Waals surface area contributed by atoms with Gasteiger partial charge in [0.05, 0.1) is 0 Å². The van der Waals surface area contributed by atoms with Gasteiger partial charge in [0.15, 0.2) is 0 Å². The van der Waals surface area contributed by atoms with E-state index in [4.69, 9.17) is 0 Å². The van der Waals surface area contributed by atoms with Crippen LogP contribution in [0.4, 0.5) is 5.69 Å². The van der Waals surface area contributed by atoms with Crippen molar-refractivity contribution in [3.8, 4) is 6.07 Å². The average Bonchev–Trinajstić information content (AvgIpc) is 2.74. The highest BCUT2D eigenvalue weighted by molar-refractivity contribution is 6.08. The van der Waals surface area contributed by atoms with Crippen molar-refractivity contribution >= 4 is 11.6 Å². The minimum Gasteiger partial charge on any atom is -0.376 e. The van der Waals surface area contributed by atoms with Gasteiger partial charge in [-0.3, -0.25) is 9.78 Å². The quantitative estimate of drug-likeness (QED) is 0.586. The minimum atomic E-state index is -0.216. The number of anilines is 1. The van der Waals surface area contributed by atoms with E-state index in [0.29, 0.717) is 6.54 Å². The molecule has 0 radical (unpaired) electrons. The van der Waals surface area contributed by atoms with Crippen LogP contribution in [-0.4, -0.2) is 35.4 Å². The van der Waals surface area contributed by atoms with E-state index in [1.54, 1.807) is 23.5 Å². The van der Waals surface area contributed by atoms with E-state index < -0.39 is 0 Å². The van der Waals surface area contributed by atoms with Gasteiger partial charge < -0.3 is 9.80 Å². The molecular formula is C22H24N4O. The van der Waals surface area contributed by atoms with Crippen LogP contribution in [0.25, 0.3) is 0 Å². The number of rotatable bonds is 6. The summed E-state index contributed by atoms with van der Waals surface area (Å²) in [5.74, 6) is -0.216. The molecule has 0 unspecified atom stereocenters. The lowest BCUT2D eigenvalue weighted by Gasteiger charge is -2.29. The first-order valence-corrected chi connectivity index (χ1v) is 9.37. The SMILES string of the molecule is CCN(/C=C(/C#N)C(=O)N1CCCc2ccccc21)CCc1ccncc1. The van der Waals surface area contributed by atoms with Gasteiger partial charge in [-0.2, -0.15) is 5.26 Å². The van der Waals surface area contributed by atoms with Crippen molar-refractivity contribution in [1.29, 1.82) is 5.26 Å². The van der Waals surface area contributed by atoms with Crippen molar-refractivity contribution < 1.29 is 4.79 Å². The number of likely N-dealkylation sites (N-methyl/N-ethyl adjacent to an activating group) is 1. The number of aromatic nitrogens is 1. The van der Waals surface area contributed by atoms with Crippen LogP contribution in [0.1, 0.15) is 24.5 Å². The Balaban J connectivity index is 1.75. The monoisotopic (exact) mass is 360 g/mol. The number of para-hydroxylation sites is 1. The third kappa shape index (κ3) is 4.53. The van der Waals surface area contributed by atoms with E-state index in [9.17, 15) is 10.1 Å². The van der Waals surface area contributed by atoms with Gasteiger partial charge in [-0.05, 0) is 55.5 Å². The molecule has 1 amide bonds. The summed E-state index contributed by atoms with van der Waals surface area (Å²) in [6.45, 7) is 4.16. The molecule has 1 aromatic carbocycles. The normalized spacial score (nSPS) is 13.6. The van der Waals surface area contributed by atoms with E-state index in [0.717, 1.165) is 38.0 Å². The van der Waals surface area contributed by atoms with Gasteiger partial charge >= 0.3 is 0 Å². The standard InChI is InChI=1S/C22H24N4O/c1-2-25(15-11-18-9-12-24-13-10-18)17-20(16-23)22(27)26-14-5-7-19-6-3-4-8-21(19)26/h3-4,6,8-10,12-13,17H,2,5,7,11,14-15H2,1H3/b20-17-. The van der Waals surface area contributed by atoms with Crippen LogP contribution in [0.2, 0.25) is 0 Å². The van der Waals surface area contributed by atoms with Crippen molar-refractivity contribution in [3.05, 3.63) is 71.7 Å². The number of aryl methyl sites for hydroxylation is 1. The molecule has 0 atom stereocenters. The number of benzene rings is 1. The summed E-state index contributed by atoms with van der Waals surface area (Å²) in [6.07, 6.45) is 7.99. The lowest BCUT2D eigenvalue weighted by Crippen LogP contribution is -2.37. The summed E-state index contributed by atoms with van der Waals surface area (Å²) in [4.78, 5) is 20.8. The van der Waals surface area contributed by atoms with Crippen molar-refractivity contribution in [3.63, 3.8) is 0 Å². The summed E-state index contributed by atoms with van der Waals surface area (Å²) in [7, 11) is 0. The third-order valence-electron chi connectivity index (χ3n) is 4.86. The molecular weight excluding hydrogens is 336 g/mol. The zero-order chi connectivity index (χ0) is 19.1. The van der Waals surface area contributed by atoms with E-state index in [1.807, 2.05) is 42.2 Å². The molecule has 5 heteroatoms. The molecule has 1 aliphatic heterocycles. The lowest BCUT2D eigenvalue weighted by atomic mass is 10.0. The number of amides is 1. The molecule has 0 aliphatic carbocycles. The van der Waals surface area contributed by atoms with E-state index in [1.165, 1.54) is 11.1 Å². The van der Waals surface area contributed by atoms with Crippen LogP contribution in [0.5, 0.6) is 0 Å². The fraction of sp³-hybridized carbons (Fsp3) is 0.318. The van der Waals surface area contributed by atoms with Crippen molar-refractivity contribution in [1.82, 2.24) is 9.88 Å². The number of carbonyl (C=O) groups excluding carboxylic acids is 1. The molecule has 3 rings (SSSR count). The molecule has 5 nitrogen and oxygen atoms in total. The first-order chi connectivity index (χ1) is 13.2. The zero-order valence-electron chi connectivity index (χ0n) is 15.6. The smallest absolute Gasteiger partial charge is 0.270 e. The van der Waals surface area contributed by atoms with Crippen molar-refractivity contribution in [2.24, 2.45) is 0 Å². The topological polar surface area (TPSA) is 60.2 Å². The second kappa shape index (κ2) is 9.00. The van der Waals surface area contributed by atoms with E-state index in [-0.39, 0.29) is 11.5 Å². The van der Waals surface area contributed by atoms with Crippen LogP contribution in [0.15, 0.2) is 60.6 Å². The Morgan fingerprint density at radius 3 is 2.81 bits per heavy atom. The maximum absolute atomic E-state index is 13.0. The van der Waals surface area contributed by atoms with E-state index >= 15 is 0 Å². The Morgan fingerprint density at radius 1 is 1.30 bits per heavy atom. The van der Waals surface area contributed by atoms with Crippen LogP contribution in [0.3, 0.4) is 0 Å². The zero-order valence-corrected chi connectivity index (χ0v) is 15.6. The number of nitrogens with zero attached hydrogens (tertiary/aromatic N) is 4.